The van der Waals surface area contributed by atoms with Crippen LogP contribution in [0.5, 0.6) is 0 Å². The Morgan fingerprint density at radius 2 is 2.22 bits per heavy atom. The molecule has 0 aliphatic carbocycles. The summed E-state index contributed by atoms with van der Waals surface area (Å²) in [7, 11) is 4.37. The lowest BCUT2D eigenvalue weighted by molar-refractivity contribution is 1.32. The predicted octanol–water partition coefficient (Wildman–Crippen LogP) is 1.60. The van der Waals surface area contributed by atoms with Crippen LogP contribution in [-0.4, -0.2) is 31.5 Å². The molecule has 0 atom stereocenters. The minimum atomic E-state index is 0.536. The highest BCUT2D eigenvalue weighted by atomic mass is 33.1. The SMILES string of the molecule is CN=CCCS[S+](C)C. The average molecular weight is 164 g/mol. The molecule has 0 spiro atoms. The van der Waals surface area contributed by atoms with E-state index >= 15 is 0 Å². The van der Waals surface area contributed by atoms with Gasteiger partial charge in [-0.25, -0.2) is 0 Å². The van der Waals surface area contributed by atoms with E-state index in [1.165, 1.54) is 5.75 Å². The normalized spacial score (nSPS) is 11.6. The molecule has 0 radical (unpaired) electrons. The van der Waals surface area contributed by atoms with Gasteiger partial charge < -0.3 is 4.99 Å². The van der Waals surface area contributed by atoms with Crippen LogP contribution in [0.25, 0.3) is 0 Å². The molecule has 9 heavy (non-hydrogen) atoms. The minimum Gasteiger partial charge on any atom is -0.301 e. The van der Waals surface area contributed by atoms with E-state index in [9.17, 15) is 0 Å². The third-order valence-electron chi connectivity index (χ3n) is 0.749. The van der Waals surface area contributed by atoms with Crippen LogP contribution < -0.4 is 0 Å². The predicted molar refractivity (Wildman–Crippen MR) is 50.7 cm³/mol. The first kappa shape index (κ1) is 9.37. The van der Waals surface area contributed by atoms with Gasteiger partial charge in [-0.1, -0.05) is 0 Å². The van der Waals surface area contributed by atoms with Crippen molar-refractivity contribution in [1.82, 2.24) is 0 Å². The molecule has 3 heteroatoms. The van der Waals surface area contributed by atoms with E-state index in [0.29, 0.717) is 9.93 Å². The summed E-state index contributed by atoms with van der Waals surface area (Å²) in [5.74, 6) is 1.22. The molecule has 1 nitrogen and oxygen atoms in total. The number of nitrogens with zero attached hydrogens (tertiary/aromatic N) is 1. The highest BCUT2D eigenvalue weighted by molar-refractivity contribution is 8.73. The fourth-order valence-electron chi connectivity index (χ4n) is 0.397. The molecule has 0 aromatic heterocycles. The van der Waals surface area contributed by atoms with Gasteiger partial charge in [-0.05, 0) is 12.6 Å². The van der Waals surface area contributed by atoms with Crippen molar-refractivity contribution in [3.8, 4) is 0 Å². The molecular formula is C6H14NS2+. The zero-order chi connectivity index (χ0) is 7.11. The second kappa shape index (κ2) is 6.49. The Labute approximate surface area is 64.1 Å². The maximum Gasteiger partial charge on any atom is 0.109 e. The van der Waals surface area contributed by atoms with E-state index in [0.717, 1.165) is 6.42 Å². The van der Waals surface area contributed by atoms with E-state index in [1.54, 1.807) is 0 Å². The summed E-state index contributed by atoms with van der Waals surface area (Å²) in [6.45, 7) is 0. The highest BCUT2D eigenvalue weighted by Gasteiger charge is 2.01. The van der Waals surface area contributed by atoms with Crippen LogP contribution >= 0.6 is 10.8 Å². The Balaban J connectivity index is 2.91. The summed E-state index contributed by atoms with van der Waals surface area (Å²) in [6, 6.07) is 0. The quantitative estimate of drug-likeness (QED) is 0.266. The van der Waals surface area contributed by atoms with Gasteiger partial charge in [0.2, 0.25) is 0 Å². The van der Waals surface area contributed by atoms with Gasteiger partial charge in [0.25, 0.3) is 0 Å². The van der Waals surface area contributed by atoms with Crippen molar-refractivity contribution in [3.05, 3.63) is 0 Å². The van der Waals surface area contributed by atoms with Crippen LogP contribution in [0.2, 0.25) is 0 Å². The number of rotatable bonds is 4. The van der Waals surface area contributed by atoms with E-state index < -0.39 is 0 Å². The minimum absolute atomic E-state index is 0.536. The molecule has 0 N–H and O–H groups in total. The zero-order valence-corrected chi connectivity index (χ0v) is 7.89. The first-order valence-corrected chi connectivity index (χ1v) is 6.43. The maximum atomic E-state index is 3.90. The second-order valence-corrected chi connectivity index (χ2v) is 6.63. The van der Waals surface area contributed by atoms with Crippen molar-refractivity contribution >= 4 is 26.9 Å². The summed E-state index contributed by atoms with van der Waals surface area (Å²) in [5.41, 5.74) is 0. The average Bonchev–Trinajstić information content (AvgIpc) is 1.80. The third-order valence-corrected chi connectivity index (χ3v) is 3.54. The monoisotopic (exact) mass is 164 g/mol. The lowest BCUT2D eigenvalue weighted by atomic mass is 10.5. The molecule has 0 aliphatic heterocycles. The van der Waals surface area contributed by atoms with Gasteiger partial charge in [0.15, 0.2) is 0 Å². The molecule has 0 unspecified atom stereocenters. The van der Waals surface area contributed by atoms with Crippen LogP contribution in [0.15, 0.2) is 4.99 Å². The van der Waals surface area contributed by atoms with E-state index in [1.807, 2.05) is 24.1 Å². The van der Waals surface area contributed by atoms with Crippen molar-refractivity contribution in [2.75, 3.05) is 25.3 Å². The standard InChI is InChI=1S/C6H14NS2/c1-7-5-4-6-8-9(2)3/h5H,4,6H2,1-3H3/q+1. The molecule has 0 heterocycles. The van der Waals surface area contributed by atoms with Gasteiger partial charge in [0.05, 0.1) is 20.7 Å². The van der Waals surface area contributed by atoms with Crippen LogP contribution in [0.4, 0.5) is 0 Å². The van der Waals surface area contributed by atoms with E-state index in [-0.39, 0.29) is 0 Å². The number of aliphatic imine (C=N–C) groups is 1. The molecule has 0 saturated heterocycles. The largest absolute Gasteiger partial charge is 0.301 e. The number of hydrogen-bond donors (Lipinski definition) is 0. The zero-order valence-electron chi connectivity index (χ0n) is 6.26. The fraction of sp³-hybridized carbons (Fsp3) is 0.833. The molecule has 0 aliphatic rings. The van der Waals surface area contributed by atoms with Gasteiger partial charge in [0.1, 0.15) is 12.5 Å². The molecule has 0 rings (SSSR count). The van der Waals surface area contributed by atoms with E-state index in [2.05, 4.69) is 17.5 Å². The Bertz CT molecular complexity index is 81.1. The van der Waals surface area contributed by atoms with E-state index in [4.69, 9.17) is 0 Å². The van der Waals surface area contributed by atoms with Crippen molar-refractivity contribution in [1.29, 1.82) is 0 Å². The molecule has 0 aromatic carbocycles. The fourth-order valence-corrected chi connectivity index (χ4v) is 2.22. The maximum absolute atomic E-state index is 3.90. The van der Waals surface area contributed by atoms with Crippen molar-refractivity contribution in [2.45, 2.75) is 6.42 Å². The smallest absolute Gasteiger partial charge is 0.109 e. The summed E-state index contributed by atoms with van der Waals surface area (Å²) in [4.78, 5) is 3.90. The van der Waals surface area contributed by atoms with Gasteiger partial charge in [-0.2, -0.15) is 0 Å². The summed E-state index contributed by atoms with van der Waals surface area (Å²) in [6.07, 6.45) is 7.58. The van der Waals surface area contributed by atoms with Crippen LogP contribution in [0, 0.1) is 0 Å². The Kier molecular flexibility index (Phi) is 6.76. The highest BCUT2D eigenvalue weighted by Crippen LogP contribution is 2.09. The summed E-state index contributed by atoms with van der Waals surface area (Å²) < 4.78 is 0. The van der Waals surface area contributed by atoms with Crippen LogP contribution in [0.3, 0.4) is 0 Å². The van der Waals surface area contributed by atoms with Crippen molar-refractivity contribution < 1.29 is 0 Å². The molecule has 0 saturated carbocycles. The lowest BCUT2D eigenvalue weighted by Crippen LogP contribution is -1.89. The Morgan fingerprint density at radius 3 is 2.67 bits per heavy atom. The number of hydrogen-bond acceptors (Lipinski definition) is 2. The third kappa shape index (κ3) is 8.37. The topological polar surface area (TPSA) is 12.4 Å². The van der Waals surface area contributed by atoms with Gasteiger partial charge in [0, 0.05) is 12.8 Å². The molecule has 0 fully saturated rings. The van der Waals surface area contributed by atoms with Gasteiger partial charge >= 0.3 is 0 Å². The van der Waals surface area contributed by atoms with Crippen LogP contribution in [0.1, 0.15) is 6.42 Å². The summed E-state index contributed by atoms with van der Waals surface area (Å²) in [5, 5.41) is 0. The Morgan fingerprint density at radius 1 is 1.56 bits per heavy atom. The van der Waals surface area contributed by atoms with Crippen molar-refractivity contribution in [2.24, 2.45) is 4.99 Å². The first-order chi connectivity index (χ1) is 4.27. The molecular weight excluding hydrogens is 150 g/mol. The lowest BCUT2D eigenvalue weighted by Gasteiger charge is -1.89. The van der Waals surface area contributed by atoms with Crippen LogP contribution in [-0.2, 0) is 9.93 Å². The first-order valence-electron chi connectivity index (χ1n) is 2.89. The molecule has 54 valence electrons. The van der Waals surface area contributed by atoms with Gasteiger partial charge in [-0.3, -0.25) is 0 Å². The molecule has 0 bridgehead atoms. The Hall–Kier alpha value is 0.370. The van der Waals surface area contributed by atoms with Crippen molar-refractivity contribution in [3.63, 3.8) is 0 Å². The van der Waals surface area contributed by atoms with Gasteiger partial charge in [-0.15, -0.1) is 0 Å². The molecule has 0 amide bonds. The summed E-state index contributed by atoms with van der Waals surface area (Å²) >= 11 is 0. The molecule has 0 aromatic rings. The second-order valence-electron chi connectivity index (χ2n) is 1.79.